The van der Waals surface area contributed by atoms with Crippen LogP contribution in [0.2, 0.25) is 0 Å². The van der Waals surface area contributed by atoms with Gasteiger partial charge in [0.1, 0.15) is 11.5 Å². The number of aryl methyl sites for hydroxylation is 1. The fraction of sp³-hybridized carbons (Fsp3) is 0.333. The second kappa shape index (κ2) is 6.20. The molecule has 0 bridgehead atoms. The zero-order chi connectivity index (χ0) is 15.6. The summed E-state index contributed by atoms with van der Waals surface area (Å²) in [5, 5.41) is 0. The van der Waals surface area contributed by atoms with Gasteiger partial charge in [-0.2, -0.15) is 0 Å². The standard InChI is InChI=1S/C18H22BrNO/c1-12-10-13(18(2,3)4)8-9-16(12)21-17-7-5-6-15(19)14(17)11-20/h5-10H,11,20H2,1-4H3. The lowest BCUT2D eigenvalue weighted by Gasteiger charge is -2.21. The van der Waals surface area contributed by atoms with Crippen molar-refractivity contribution < 1.29 is 4.74 Å². The Morgan fingerprint density at radius 3 is 2.38 bits per heavy atom. The van der Waals surface area contributed by atoms with Gasteiger partial charge in [-0.15, -0.1) is 0 Å². The summed E-state index contributed by atoms with van der Waals surface area (Å²) in [6, 6.07) is 12.2. The minimum Gasteiger partial charge on any atom is -0.457 e. The molecule has 21 heavy (non-hydrogen) atoms. The molecule has 0 saturated carbocycles. The number of nitrogens with two attached hydrogens (primary N) is 1. The Bertz CT molecular complexity index is 644. The van der Waals surface area contributed by atoms with Gasteiger partial charge in [0.25, 0.3) is 0 Å². The van der Waals surface area contributed by atoms with Crippen molar-refractivity contribution in [3.8, 4) is 11.5 Å². The number of benzene rings is 2. The summed E-state index contributed by atoms with van der Waals surface area (Å²) >= 11 is 3.52. The Kier molecular flexibility index (Phi) is 4.74. The van der Waals surface area contributed by atoms with E-state index in [1.54, 1.807) is 0 Å². The molecule has 0 unspecified atom stereocenters. The van der Waals surface area contributed by atoms with Crippen molar-refractivity contribution in [3.63, 3.8) is 0 Å². The highest BCUT2D eigenvalue weighted by Crippen LogP contribution is 2.33. The molecule has 3 heteroatoms. The minimum atomic E-state index is 0.140. The third-order valence-electron chi connectivity index (χ3n) is 3.54. The van der Waals surface area contributed by atoms with Crippen LogP contribution in [0.3, 0.4) is 0 Å². The van der Waals surface area contributed by atoms with Crippen molar-refractivity contribution in [2.75, 3.05) is 0 Å². The number of rotatable bonds is 3. The van der Waals surface area contributed by atoms with Crippen LogP contribution in [0.25, 0.3) is 0 Å². The predicted octanol–water partition coefficient (Wildman–Crippen LogP) is 5.31. The molecule has 0 radical (unpaired) electrons. The van der Waals surface area contributed by atoms with Crippen LogP contribution < -0.4 is 10.5 Å². The van der Waals surface area contributed by atoms with Crippen LogP contribution in [-0.4, -0.2) is 0 Å². The normalized spacial score (nSPS) is 11.5. The lowest BCUT2D eigenvalue weighted by molar-refractivity contribution is 0.471. The molecule has 2 nitrogen and oxygen atoms in total. The predicted molar refractivity (Wildman–Crippen MR) is 92.0 cm³/mol. The first-order chi connectivity index (χ1) is 9.82. The summed E-state index contributed by atoms with van der Waals surface area (Å²) in [5.74, 6) is 1.68. The van der Waals surface area contributed by atoms with Crippen molar-refractivity contribution in [1.29, 1.82) is 0 Å². The smallest absolute Gasteiger partial charge is 0.133 e. The molecule has 2 aromatic carbocycles. The quantitative estimate of drug-likeness (QED) is 0.816. The van der Waals surface area contributed by atoms with E-state index in [-0.39, 0.29) is 5.41 Å². The summed E-state index contributed by atoms with van der Waals surface area (Å²) in [6.45, 7) is 9.15. The molecule has 0 heterocycles. The van der Waals surface area contributed by atoms with E-state index in [2.05, 4.69) is 55.8 Å². The fourth-order valence-corrected chi connectivity index (χ4v) is 2.69. The van der Waals surface area contributed by atoms with Gasteiger partial charge in [-0.25, -0.2) is 0 Å². The fourth-order valence-electron chi connectivity index (χ4n) is 2.18. The first kappa shape index (κ1) is 16.1. The Labute approximate surface area is 135 Å². The topological polar surface area (TPSA) is 35.2 Å². The number of halogens is 1. The Balaban J connectivity index is 2.35. The van der Waals surface area contributed by atoms with Gasteiger partial charge in [-0.3, -0.25) is 0 Å². The molecule has 0 aliphatic heterocycles. The van der Waals surface area contributed by atoms with Crippen LogP contribution in [-0.2, 0) is 12.0 Å². The molecule has 0 aliphatic rings. The Morgan fingerprint density at radius 2 is 1.81 bits per heavy atom. The van der Waals surface area contributed by atoms with E-state index < -0.39 is 0 Å². The van der Waals surface area contributed by atoms with Gasteiger partial charge in [0.05, 0.1) is 0 Å². The third-order valence-corrected chi connectivity index (χ3v) is 4.28. The van der Waals surface area contributed by atoms with Gasteiger partial charge in [0.15, 0.2) is 0 Å². The van der Waals surface area contributed by atoms with Gasteiger partial charge >= 0.3 is 0 Å². The van der Waals surface area contributed by atoms with Crippen LogP contribution in [0.5, 0.6) is 11.5 Å². The van der Waals surface area contributed by atoms with E-state index in [1.807, 2.05) is 24.3 Å². The molecule has 0 atom stereocenters. The first-order valence-electron chi connectivity index (χ1n) is 7.09. The summed E-state index contributed by atoms with van der Waals surface area (Å²) in [7, 11) is 0. The number of hydrogen-bond donors (Lipinski definition) is 1. The molecule has 0 spiro atoms. The Hall–Kier alpha value is -1.32. The molecule has 2 rings (SSSR count). The number of hydrogen-bond acceptors (Lipinski definition) is 2. The lowest BCUT2D eigenvalue weighted by Crippen LogP contribution is -2.11. The van der Waals surface area contributed by atoms with Crippen LogP contribution >= 0.6 is 15.9 Å². The van der Waals surface area contributed by atoms with Gasteiger partial charge in [-0.05, 0) is 41.7 Å². The van der Waals surface area contributed by atoms with E-state index >= 15 is 0 Å². The first-order valence-corrected chi connectivity index (χ1v) is 7.88. The molecule has 0 saturated heterocycles. The summed E-state index contributed by atoms with van der Waals surface area (Å²) in [6.07, 6.45) is 0. The second-order valence-electron chi connectivity index (χ2n) is 6.25. The molecule has 0 amide bonds. The van der Waals surface area contributed by atoms with Crippen LogP contribution in [0, 0.1) is 6.92 Å². The van der Waals surface area contributed by atoms with Crippen molar-refractivity contribution in [2.24, 2.45) is 5.73 Å². The van der Waals surface area contributed by atoms with Crippen LogP contribution in [0.1, 0.15) is 37.5 Å². The third kappa shape index (κ3) is 3.66. The average molecular weight is 348 g/mol. The zero-order valence-corrected chi connectivity index (χ0v) is 14.6. The molecular weight excluding hydrogens is 326 g/mol. The minimum absolute atomic E-state index is 0.140. The highest BCUT2D eigenvalue weighted by molar-refractivity contribution is 9.10. The summed E-state index contributed by atoms with van der Waals surface area (Å²) < 4.78 is 7.05. The van der Waals surface area contributed by atoms with Gasteiger partial charge in [0, 0.05) is 16.6 Å². The van der Waals surface area contributed by atoms with Crippen molar-refractivity contribution in [3.05, 3.63) is 57.6 Å². The maximum absolute atomic E-state index is 6.07. The summed E-state index contributed by atoms with van der Waals surface area (Å²) in [4.78, 5) is 0. The molecule has 0 fully saturated rings. The largest absolute Gasteiger partial charge is 0.457 e. The highest BCUT2D eigenvalue weighted by Gasteiger charge is 2.15. The van der Waals surface area contributed by atoms with Crippen molar-refractivity contribution >= 4 is 15.9 Å². The van der Waals surface area contributed by atoms with E-state index in [4.69, 9.17) is 10.5 Å². The van der Waals surface area contributed by atoms with E-state index in [1.165, 1.54) is 5.56 Å². The maximum atomic E-state index is 6.07. The summed E-state index contributed by atoms with van der Waals surface area (Å²) in [5.41, 5.74) is 9.37. The zero-order valence-electron chi connectivity index (χ0n) is 13.0. The Morgan fingerprint density at radius 1 is 1.10 bits per heavy atom. The van der Waals surface area contributed by atoms with Gasteiger partial charge < -0.3 is 10.5 Å². The lowest BCUT2D eigenvalue weighted by atomic mass is 9.86. The average Bonchev–Trinajstić information content (AvgIpc) is 2.40. The number of ether oxygens (including phenoxy) is 1. The van der Waals surface area contributed by atoms with Gasteiger partial charge in [-0.1, -0.05) is 54.9 Å². The van der Waals surface area contributed by atoms with Crippen molar-refractivity contribution in [2.45, 2.75) is 39.7 Å². The van der Waals surface area contributed by atoms with Crippen LogP contribution in [0.4, 0.5) is 0 Å². The molecule has 2 N–H and O–H groups in total. The molecular formula is C18H22BrNO. The molecule has 0 aromatic heterocycles. The van der Waals surface area contributed by atoms with E-state index in [0.29, 0.717) is 6.54 Å². The molecule has 112 valence electrons. The molecule has 2 aromatic rings. The highest BCUT2D eigenvalue weighted by atomic mass is 79.9. The van der Waals surface area contributed by atoms with Gasteiger partial charge in [0.2, 0.25) is 0 Å². The van der Waals surface area contributed by atoms with E-state index in [0.717, 1.165) is 27.1 Å². The molecule has 0 aliphatic carbocycles. The monoisotopic (exact) mass is 347 g/mol. The maximum Gasteiger partial charge on any atom is 0.133 e. The SMILES string of the molecule is Cc1cc(C(C)(C)C)ccc1Oc1cccc(Br)c1CN. The van der Waals surface area contributed by atoms with Crippen LogP contribution in [0.15, 0.2) is 40.9 Å². The van der Waals surface area contributed by atoms with E-state index in [9.17, 15) is 0 Å². The second-order valence-corrected chi connectivity index (χ2v) is 7.11. The van der Waals surface area contributed by atoms with Crippen molar-refractivity contribution in [1.82, 2.24) is 0 Å².